The average Bonchev–Trinajstić information content (AvgIpc) is 2.37. The summed E-state index contributed by atoms with van der Waals surface area (Å²) in [6, 6.07) is 7.44. The number of halogens is 1. The third-order valence-electron chi connectivity index (χ3n) is 3.05. The normalized spacial score (nSPS) is 21.0. The van der Waals surface area contributed by atoms with Crippen LogP contribution in [0.15, 0.2) is 28.7 Å². The van der Waals surface area contributed by atoms with Crippen LogP contribution >= 0.6 is 15.9 Å². The predicted molar refractivity (Wildman–Crippen MR) is 85.4 cm³/mol. The van der Waals surface area contributed by atoms with Crippen molar-refractivity contribution in [3.8, 4) is 0 Å². The lowest BCUT2D eigenvalue weighted by Gasteiger charge is -2.36. The molecule has 1 aromatic carbocycles. The number of benzene rings is 1. The Bertz CT molecular complexity index is 494. The lowest BCUT2D eigenvalue weighted by molar-refractivity contribution is -0.132. The van der Waals surface area contributed by atoms with Crippen molar-refractivity contribution in [2.75, 3.05) is 31.6 Å². The molecule has 1 heterocycles. The molecule has 0 bridgehead atoms. The fourth-order valence-electron chi connectivity index (χ4n) is 2.21. The van der Waals surface area contributed by atoms with Gasteiger partial charge in [0, 0.05) is 23.2 Å². The van der Waals surface area contributed by atoms with Crippen LogP contribution in [0.25, 0.3) is 0 Å². The van der Waals surface area contributed by atoms with E-state index in [1.54, 1.807) is 0 Å². The molecule has 1 amide bonds. The SMILES string of the molecule is CC1(C)CNCC(COCC(=O)Nc2cccc(Br)c2)O1. The highest BCUT2D eigenvalue weighted by atomic mass is 79.9. The van der Waals surface area contributed by atoms with Crippen LogP contribution in [0.3, 0.4) is 0 Å². The van der Waals surface area contributed by atoms with E-state index in [1.165, 1.54) is 0 Å². The van der Waals surface area contributed by atoms with E-state index in [1.807, 2.05) is 38.1 Å². The monoisotopic (exact) mass is 356 g/mol. The Labute approximate surface area is 133 Å². The van der Waals surface area contributed by atoms with Gasteiger partial charge in [0.15, 0.2) is 0 Å². The minimum Gasteiger partial charge on any atom is -0.369 e. The van der Waals surface area contributed by atoms with Gasteiger partial charge in [-0.15, -0.1) is 0 Å². The summed E-state index contributed by atoms with van der Waals surface area (Å²) in [5, 5.41) is 6.08. The molecule has 0 radical (unpaired) electrons. The molecule has 0 saturated carbocycles. The zero-order valence-electron chi connectivity index (χ0n) is 12.3. The summed E-state index contributed by atoms with van der Waals surface area (Å²) in [6.45, 7) is 6.07. The van der Waals surface area contributed by atoms with Crippen molar-refractivity contribution in [3.63, 3.8) is 0 Å². The van der Waals surface area contributed by atoms with E-state index < -0.39 is 0 Å². The van der Waals surface area contributed by atoms with Gasteiger partial charge < -0.3 is 20.1 Å². The predicted octanol–water partition coefficient (Wildman–Crippen LogP) is 2.17. The molecule has 21 heavy (non-hydrogen) atoms. The van der Waals surface area contributed by atoms with E-state index in [9.17, 15) is 4.79 Å². The first-order valence-corrected chi connectivity index (χ1v) is 7.76. The number of carbonyl (C=O) groups excluding carboxylic acids is 1. The summed E-state index contributed by atoms with van der Waals surface area (Å²) in [5.41, 5.74) is 0.555. The van der Waals surface area contributed by atoms with Gasteiger partial charge in [0.1, 0.15) is 6.61 Å². The zero-order valence-corrected chi connectivity index (χ0v) is 13.9. The molecule has 2 rings (SSSR count). The molecular formula is C15H21BrN2O3. The molecule has 5 nitrogen and oxygen atoms in total. The number of hydrogen-bond donors (Lipinski definition) is 2. The maximum Gasteiger partial charge on any atom is 0.250 e. The van der Waals surface area contributed by atoms with E-state index in [2.05, 4.69) is 26.6 Å². The Morgan fingerprint density at radius 2 is 2.38 bits per heavy atom. The molecule has 1 aliphatic rings. The summed E-state index contributed by atoms with van der Waals surface area (Å²) < 4.78 is 12.2. The first kappa shape index (κ1) is 16.4. The van der Waals surface area contributed by atoms with Crippen LogP contribution in [0.1, 0.15) is 13.8 Å². The Morgan fingerprint density at radius 1 is 1.57 bits per heavy atom. The number of anilines is 1. The second-order valence-electron chi connectivity index (χ2n) is 5.70. The molecule has 1 aliphatic heterocycles. The van der Waals surface area contributed by atoms with Crippen molar-refractivity contribution in [1.82, 2.24) is 5.32 Å². The van der Waals surface area contributed by atoms with Crippen molar-refractivity contribution >= 4 is 27.5 Å². The van der Waals surface area contributed by atoms with Gasteiger partial charge in [-0.25, -0.2) is 0 Å². The molecule has 6 heteroatoms. The Hall–Kier alpha value is -0.950. The first-order chi connectivity index (χ1) is 9.94. The van der Waals surface area contributed by atoms with Crippen LogP contribution in [0.4, 0.5) is 5.69 Å². The maximum atomic E-state index is 11.8. The highest BCUT2D eigenvalue weighted by Gasteiger charge is 2.28. The van der Waals surface area contributed by atoms with Gasteiger partial charge in [0.05, 0.1) is 18.3 Å². The molecule has 0 aromatic heterocycles. The molecule has 1 saturated heterocycles. The summed E-state index contributed by atoms with van der Waals surface area (Å²) in [4.78, 5) is 11.8. The standard InChI is InChI=1S/C15H21BrN2O3/c1-15(2)10-17-7-13(21-15)8-20-9-14(19)18-12-5-3-4-11(16)6-12/h3-6,13,17H,7-10H2,1-2H3,(H,18,19). The maximum absolute atomic E-state index is 11.8. The zero-order chi connectivity index (χ0) is 15.3. The lowest BCUT2D eigenvalue weighted by Crippen LogP contribution is -2.52. The van der Waals surface area contributed by atoms with E-state index in [0.29, 0.717) is 6.61 Å². The topological polar surface area (TPSA) is 59.6 Å². The van der Waals surface area contributed by atoms with E-state index in [-0.39, 0.29) is 24.2 Å². The van der Waals surface area contributed by atoms with Crippen LogP contribution < -0.4 is 10.6 Å². The summed E-state index contributed by atoms with van der Waals surface area (Å²) in [6.07, 6.45) is -0.0209. The van der Waals surface area contributed by atoms with Gasteiger partial charge in [-0.1, -0.05) is 22.0 Å². The van der Waals surface area contributed by atoms with Gasteiger partial charge in [0.25, 0.3) is 0 Å². The fourth-order valence-corrected chi connectivity index (χ4v) is 2.61. The van der Waals surface area contributed by atoms with E-state index >= 15 is 0 Å². The van der Waals surface area contributed by atoms with Crippen molar-refractivity contribution in [3.05, 3.63) is 28.7 Å². The van der Waals surface area contributed by atoms with E-state index in [0.717, 1.165) is 23.2 Å². The summed E-state index contributed by atoms with van der Waals surface area (Å²) in [5.74, 6) is -0.170. The third-order valence-corrected chi connectivity index (χ3v) is 3.55. The number of nitrogens with one attached hydrogen (secondary N) is 2. The number of ether oxygens (including phenoxy) is 2. The van der Waals surface area contributed by atoms with Gasteiger partial charge in [-0.3, -0.25) is 4.79 Å². The van der Waals surface area contributed by atoms with Crippen molar-refractivity contribution in [2.45, 2.75) is 25.6 Å². The molecular weight excluding hydrogens is 336 g/mol. The minimum atomic E-state index is -0.190. The van der Waals surface area contributed by atoms with Crippen LogP contribution in [0.5, 0.6) is 0 Å². The highest BCUT2D eigenvalue weighted by molar-refractivity contribution is 9.10. The molecule has 1 unspecified atom stereocenters. The molecule has 2 N–H and O–H groups in total. The smallest absolute Gasteiger partial charge is 0.250 e. The van der Waals surface area contributed by atoms with Gasteiger partial charge in [-0.2, -0.15) is 0 Å². The number of rotatable bonds is 5. The summed E-state index contributed by atoms with van der Waals surface area (Å²) >= 11 is 3.36. The largest absolute Gasteiger partial charge is 0.369 e. The minimum absolute atomic E-state index is 0.0206. The number of amides is 1. The Kier molecular flexibility index (Phi) is 5.75. The van der Waals surface area contributed by atoms with Gasteiger partial charge >= 0.3 is 0 Å². The van der Waals surface area contributed by atoms with Gasteiger partial charge in [-0.05, 0) is 32.0 Å². The molecule has 1 atom stereocenters. The Balaban J connectivity index is 1.70. The number of hydrogen-bond acceptors (Lipinski definition) is 4. The number of carbonyl (C=O) groups is 1. The molecule has 0 spiro atoms. The van der Waals surface area contributed by atoms with Crippen molar-refractivity contribution in [2.24, 2.45) is 0 Å². The fraction of sp³-hybridized carbons (Fsp3) is 0.533. The molecule has 116 valence electrons. The van der Waals surface area contributed by atoms with Crippen LogP contribution in [0.2, 0.25) is 0 Å². The average molecular weight is 357 g/mol. The lowest BCUT2D eigenvalue weighted by atomic mass is 10.1. The van der Waals surface area contributed by atoms with Crippen molar-refractivity contribution < 1.29 is 14.3 Å². The van der Waals surface area contributed by atoms with Crippen molar-refractivity contribution in [1.29, 1.82) is 0 Å². The molecule has 1 aromatic rings. The second-order valence-corrected chi connectivity index (χ2v) is 6.62. The second kappa shape index (κ2) is 7.35. The third kappa shape index (κ3) is 5.74. The van der Waals surface area contributed by atoms with Crippen LogP contribution in [-0.2, 0) is 14.3 Å². The highest BCUT2D eigenvalue weighted by Crippen LogP contribution is 2.16. The summed E-state index contributed by atoms with van der Waals surface area (Å²) in [7, 11) is 0. The Morgan fingerprint density at radius 3 is 3.10 bits per heavy atom. The van der Waals surface area contributed by atoms with Gasteiger partial charge in [0.2, 0.25) is 5.91 Å². The molecule has 0 aliphatic carbocycles. The first-order valence-electron chi connectivity index (χ1n) is 6.96. The quantitative estimate of drug-likeness (QED) is 0.848. The number of morpholine rings is 1. The van der Waals surface area contributed by atoms with Crippen LogP contribution in [-0.4, -0.2) is 43.9 Å². The van der Waals surface area contributed by atoms with Crippen LogP contribution in [0, 0.1) is 0 Å². The molecule has 1 fully saturated rings. The van der Waals surface area contributed by atoms with E-state index in [4.69, 9.17) is 9.47 Å².